The molecule has 0 atom stereocenters. The van der Waals surface area contributed by atoms with Gasteiger partial charge in [-0.2, -0.15) is 0 Å². The molecule has 0 aliphatic carbocycles. The fourth-order valence-corrected chi connectivity index (χ4v) is 1.41. The second-order valence-electron chi connectivity index (χ2n) is 3.19. The standard InChI is InChI=1S/C10H11N4O/c15-7-11-5-2-4-9-13-8-3-1-6-12-10(8)14-9/h1,3,6H,2,4-5H2,(H,11,15)(H,12,13,14). The molecule has 0 spiro atoms. The predicted octanol–water partition coefficient (Wildman–Crippen LogP) is 0.547. The van der Waals surface area contributed by atoms with Gasteiger partial charge in [-0.3, -0.25) is 4.79 Å². The number of amides is 1. The van der Waals surface area contributed by atoms with Gasteiger partial charge in [-0.05, 0) is 18.6 Å². The quantitative estimate of drug-likeness (QED) is 0.550. The summed E-state index contributed by atoms with van der Waals surface area (Å²) in [5.74, 6) is 0.899. The Bertz CT molecular complexity index is 418. The molecule has 0 unspecified atom stereocenters. The molecule has 2 aromatic rings. The van der Waals surface area contributed by atoms with Crippen LogP contribution in [0.3, 0.4) is 0 Å². The molecule has 0 aliphatic heterocycles. The van der Waals surface area contributed by atoms with Crippen LogP contribution in [0.2, 0.25) is 0 Å². The van der Waals surface area contributed by atoms with Crippen LogP contribution in [-0.2, 0) is 11.2 Å². The summed E-state index contributed by atoms with van der Waals surface area (Å²) >= 11 is 0. The third-order valence-electron chi connectivity index (χ3n) is 2.09. The molecular formula is C10H11N4O. The van der Waals surface area contributed by atoms with Gasteiger partial charge in [0, 0.05) is 19.2 Å². The lowest BCUT2D eigenvalue weighted by molar-refractivity contribution is 0.540. The number of hydrogen-bond donors (Lipinski definition) is 2. The van der Waals surface area contributed by atoms with Crippen LogP contribution >= 0.6 is 0 Å². The lowest BCUT2D eigenvalue weighted by Crippen LogP contribution is -2.12. The molecule has 5 nitrogen and oxygen atoms in total. The van der Waals surface area contributed by atoms with Gasteiger partial charge >= 0.3 is 6.41 Å². The summed E-state index contributed by atoms with van der Waals surface area (Å²) in [6.45, 7) is 0.619. The summed E-state index contributed by atoms with van der Waals surface area (Å²) in [5.41, 5.74) is 1.69. The van der Waals surface area contributed by atoms with Crippen molar-refractivity contribution in [3.05, 3.63) is 24.2 Å². The lowest BCUT2D eigenvalue weighted by Gasteiger charge is -1.95. The van der Waals surface area contributed by atoms with Crippen LogP contribution in [0.15, 0.2) is 18.3 Å². The number of hydrogen-bond acceptors (Lipinski definition) is 3. The Hall–Kier alpha value is -1.91. The van der Waals surface area contributed by atoms with Gasteiger partial charge < -0.3 is 10.3 Å². The van der Waals surface area contributed by atoms with E-state index in [0.29, 0.717) is 6.54 Å². The smallest absolute Gasteiger partial charge is 0.309 e. The number of fused-ring (bicyclic) bond motifs is 1. The molecular weight excluding hydrogens is 192 g/mol. The summed E-state index contributed by atoms with van der Waals surface area (Å²) in [5, 5.41) is 2.49. The minimum Gasteiger partial charge on any atom is -0.348 e. The highest BCUT2D eigenvalue weighted by molar-refractivity contribution is 5.69. The monoisotopic (exact) mass is 203 g/mol. The molecule has 2 aromatic heterocycles. The Morgan fingerprint density at radius 3 is 3.27 bits per heavy atom. The number of aromatic nitrogens is 3. The van der Waals surface area contributed by atoms with Crippen molar-refractivity contribution in [2.75, 3.05) is 6.54 Å². The van der Waals surface area contributed by atoms with E-state index in [1.54, 1.807) is 12.6 Å². The first kappa shape index (κ1) is 9.64. The Morgan fingerprint density at radius 1 is 1.53 bits per heavy atom. The van der Waals surface area contributed by atoms with Gasteiger partial charge in [-0.1, -0.05) is 0 Å². The van der Waals surface area contributed by atoms with E-state index in [1.165, 1.54) is 0 Å². The summed E-state index contributed by atoms with van der Waals surface area (Å²) < 4.78 is 0. The number of H-pyrrole nitrogens is 1. The van der Waals surface area contributed by atoms with Crippen molar-refractivity contribution in [1.29, 1.82) is 0 Å². The molecule has 15 heavy (non-hydrogen) atoms. The third-order valence-corrected chi connectivity index (χ3v) is 2.09. The SMILES string of the molecule is O=[C]NCCCc1nc2ncccc2[nH]1. The number of aromatic amines is 1. The first-order chi connectivity index (χ1) is 7.40. The molecule has 77 valence electrons. The summed E-state index contributed by atoms with van der Waals surface area (Å²) in [6, 6.07) is 3.81. The topological polar surface area (TPSA) is 70.7 Å². The van der Waals surface area contributed by atoms with Gasteiger partial charge in [0.1, 0.15) is 5.82 Å². The van der Waals surface area contributed by atoms with Crippen molar-refractivity contribution in [2.24, 2.45) is 0 Å². The fourth-order valence-electron chi connectivity index (χ4n) is 1.41. The van der Waals surface area contributed by atoms with Crippen LogP contribution in [-0.4, -0.2) is 27.9 Å². The van der Waals surface area contributed by atoms with E-state index >= 15 is 0 Å². The zero-order valence-corrected chi connectivity index (χ0v) is 8.16. The molecule has 1 radical (unpaired) electrons. The molecule has 0 saturated carbocycles. The van der Waals surface area contributed by atoms with E-state index in [0.717, 1.165) is 29.8 Å². The highest BCUT2D eigenvalue weighted by Gasteiger charge is 2.01. The molecule has 2 rings (SSSR count). The van der Waals surface area contributed by atoms with Crippen LogP contribution in [0.25, 0.3) is 11.2 Å². The zero-order valence-electron chi connectivity index (χ0n) is 8.16. The summed E-state index contributed by atoms with van der Waals surface area (Å²) in [7, 11) is 0. The van der Waals surface area contributed by atoms with E-state index in [1.807, 2.05) is 12.1 Å². The normalized spacial score (nSPS) is 10.4. The van der Waals surface area contributed by atoms with E-state index in [9.17, 15) is 4.79 Å². The number of carbonyl (C=O) groups excluding carboxylic acids is 1. The van der Waals surface area contributed by atoms with Crippen LogP contribution in [0.1, 0.15) is 12.2 Å². The number of nitrogens with one attached hydrogen (secondary N) is 2. The van der Waals surface area contributed by atoms with Gasteiger partial charge in [0.25, 0.3) is 0 Å². The van der Waals surface area contributed by atoms with Crippen molar-refractivity contribution in [2.45, 2.75) is 12.8 Å². The van der Waals surface area contributed by atoms with Gasteiger partial charge in [0.15, 0.2) is 5.65 Å². The number of imidazole rings is 1. The Labute approximate surface area is 86.9 Å². The van der Waals surface area contributed by atoms with Gasteiger partial charge in [-0.15, -0.1) is 0 Å². The average Bonchev–Trinajstić information content (AvgIpc) is 2.67. The molecule has 0 bridgehead atoms. The maximum atomic E-state index is 9.89. The molecule has 0 saturated heterocycles. The van der Waals surface area contributed by atoms with Crippen LogP contribution < -0.4 is 5.32 Å². The van der Waals surface area contributed by atoms with E-state index in [-0.39, 0.29) is 0 Å². The van der Waals surface area contributed by atoms with Gasteiger partial charge in [-0.25, -0.2) is 9.97 Å². The molecule has 0 aromatic carbocycles. The van der Waals surface area contributed by atoms with Crippen molar-refractivity contribution >= 4 is 17.6 Å². The van der Waals surface area contributed by atoms with Crippen LogP contribution in [0, 0.1) is 0 Å². The molecule has 5 heteroatoms. The highest BCUT2D eigenvalue weighted by Crippen LogP contribution is 2.08. The van der Waals surface area contributed by atoms with Crippen LogP contribution in [0.4, 0.5) is 0 Å². The number of rotatable bonds is 5. The second-order valence-corrected chi connectivity index (χ2v) is 3.19. The lowest BCUT2D eigenvalue weighted by atomic mass is 10.3. The van der Waals surface area contributed by atoms with Gasteiger partial charge in [0.05, 0.1) is 5.52 Å². The maximum Gasteiger partial charge on any atom is 0.309 e. The number of pyridine rings is 1. The molecule has 2 N–H and O–H groups in total. The third kappa shape index (κ3) is 2.31. The summed E-state index contributed by atoms with van der Waals surface area (Å²) in [6.07, 6.45) is 4.99. The highest BCUT2D eigenvalue weighted by atomic mass is 16.1. The largest absolute Gasteiger partial charge is 0.348 e. The first-order valence-corrected chi connectivity index (χ1v) is 4.80. The number of nitrogens with zero attached hydrogens (tertiary/aromatic N) is 2. The van der Waals surface area contributed by atoms with Crippen molar-refractivity contribution in [3.63, 3.8) is 0 Å². The Balaban J connectivity index is 1.99. The Morgan fingerprint density at radius 2 is 2.47 bits per heavy atom. The van der Waals surface area contributed by atoms with Crippen molar-refractivity contribution < 1.29 is 4.79 Å². The molecule has 1 amide bonds. The minimum atomic E-state index is 0.619. The molecule has 0 aliphatic rings. The van der Waals surface area contributed by atoms with E-state index < -0.39 is 0 Å². The van der Waals surface area contributed by atoms with E-state index in [2.05, 4.69) is 20.3 Å². The van der Waals surface area contributed by atoms with Crippen LogP contribution in [0.5, 0.6) is 0 Å². The average molecular weight is 203 g/mol. The second kappa shape index (κ2) is 4.54. The van der Waals surface area contributed by atoms with Crippen molar-refractivity contribution in [1.82, 2.24) is 20.3 Å². The maximum absolute atomic E-state index is 9.89. The van der Waals surface area contributed by atoms with Crippen molar-refractivity contribution in [3.8, 4) is 0 Å². The predicted molar refractivity (Wildman–Crippen MR) is 55.9 cm³/mol. The fraction of sp³-hybridized carbons (Fsp3) is 0.300. The molecule has 0 fully saturated rings. The Kier molecular flexibility index (Phi) is 2.92. The van der Waals surface area contributed by atoms with Gasteiger partial charge in [0.2, 0.25) is 0 Å². The minimum absolute atomic E-state index is 0.619. The number of aryl methyl sites for hydroxylation is 1. The van der Waals surface area contributed by atoms with E-state index in [4.69, 9.17) is 0 Å². The summed E-state index contributed by atoms with van der Waals surface area (Å²) in [4.78, 5) is 21.5. The zero-order chi connectivity index (χ0) is 10.5. The molecule has 2 heterocycles. The first-order valence-electron chi connectivity index (χ1n) is 4.80.